The fourth-order valence-electron chi connectivity index (χ4n) is 2.21. The van der Waals surface area contributed by atoms with Crippen molar-refractivity contribution in [1.29, 1.82) is 0 Å². The minimum absolute atomic E-state index is 0.0116. The highest BCUT2D eigenvalue weighted by Gasteiger charge is 2.29. The third-order valence-corrected chi connectivity index (χ3v) is 3.38. The molecule has 0 bridgehead atoms. The predicted molar refractivity (Wildman–Crippen MR) is 74.4 cm³/mol. The van der Waals surface area contributed by atoms with E-state index < -0.39 is 0 Å². The van der Waals surface area contributed by atoms with E-state index in [-0.39, 0.29) is 12.1 Å². The van der Waals surface area contributed by atoms with E-state index in [0.717, 1.165) is 16.9 Å². The van der Waals surface area contributed by atoms with E-state index in [4.69, 9.17) is 4.74 Å². The Hall–Kier alpha value is -1.36. The molecule has 1 N–H and O–H groups in total. The molecule has 1 atom stereocenters. The Morgan fingerprint density at radius 2 is 2.33 bits per heavy atom. The molecule has 1 heterocycles. The Morgan fingerprint density at radius 3 is 2.94 bits per heavy atom. The van der Waals surface area contributed by atoms with Crippen molar-refractivity contribution in [2.75, 3.05) is 26.0 Å². The maximum Gasteiger partial charge on any atom is 0.318 e. The van der Waals surface area contributed by atoms with Crippen LogP contribution in [0.15, 0.2) is 18.2 Å². The van der Waals surface area contributed by atoms with Gasteiger partial charge in [-0.1, -0.05) is 12.1 Å². The monoisotopic (exact) mass is 266 g/mol. The van der Waals surface area contributed by atoms with Crippen LogP contribution in [0.4, 0.5) is 4.79 Å². The molecule has 1 saturated heterocycles. The van der Waals surface area contributed by atoms with Gasteiger partial charge in [0, 0.05) is 18.8 Å². The van der Waals surface area contributed by atoms with Crippen molar-refractivity contribution in [3.05, 3.63) is 29.3 Å². The molecule has 98 valence electrons. The van der Waals surface area contributed by atoms with Crippen LogP contribution in [0.5, 0.6) is 5.75 Å². The lowest BCUT2D eigenvalue weighted by Crippen LogP contribution is -2.29. The highest BCUT2D eigenvalue weighted by Crippen LogP contribution is 2.25. The number of nitrogens with one attached hydrogen (secondary N) is 1. The SMILES string of the molecule is COc1ccc(C2CN(CCS)C(=O)N2)cc1C. The Bertz CT molecular complexity index is 451. The number of thiol groups is 1. The highest BCUT2D eigenvalue weighted by atomic mass is 32.1. The Morgan fingerprint density at radius 1 is 1.56 bits per heavy atom. The zero-order valence-corrected chi connectivity index (χ0v) is 11.5. The molecule has 5 heteroatoms. The maximum absolute atomic E-state index is 11.7. The number of rotatable bonds is 4. The number of hydrogen-bond donors (Lipinski definition) is 2. The van der Waals surface area contributed by atoms with Gasteiger partial charge in [0.25, 0.3) is 0 Å². The lowest BCUT2D eigenvalue weighted by molar-refractivity contribution is 0.220. The fraction of sp³-hybridized carbons (Fsp3) is 0.462. The third-order valence-electron chi connectivity index (χ3n) is 3.18. The number of methoxy groups -OCH3 is 1. The van der Waals surface area contributed by atoms with Gasteiger partial charge in [0.05, 0.1) is 13.2 Å². The average Bonchev–Trinajstić information content (AvgIpc) is 2.71. The quantitative estimate of drug-likeness (QED) is 0.819. The van der Waals surface area contributed by atoms with Crippen LogP contribution in [-0.2, 0) is 0 Å². The molecule has 0 saturated carbocycles. The zero-order valence-electron chi connectivity index (χ0n) is 10.6. The number of ether oxygens (including phenoxy) is 1. The number of carbonyl (C=O) groups excluding carboxylic acids is 1. The van der Waals surface area contributed by atoms with Crippen molar-refractivity contribution in [2.24, 2.45) is 0 Å². The van der Waals surface area contributed by atoms with Gasteiger partial charge in [0.2, 0.25) is 0 Å². The first-order chi connectivity index (χ1) is 8.65. The van der Waals surface area contributed by atoms with Crippen LogP contribution < -0.4 is 10.1 Å². The molecule has 1 aliphatic rings. The van der Waals surface area contributed by atoms with Gasteiger partial charge >= 0.3 is 6.03 Å². The largest absolute Gasteiger partial charge is 0.496 e. The van der Waals surface area contributed by atoms with Crippen LogP contribution in [0.1, 0.15) is 17.2 Å². The van der Waals surface area contributed by atoms with Crippen LogP contribution in [0, 0.1) is 6.92 Å². The van der Waals surface area contributed by atoms with E-state index in [1.165, 1.54) is 0 Å². The summed E-state index contributed by atoms with van der Waals surface area (Å²) in [6.45, 7) is 3.39. The van der Waals surface area contributed by atoms with Crippen LogP contribution >= 0.6 is 12.6 Å². The summed E-state index contributed by atoms with van der Waals surface area (Å²) in [7, 11) is 1.66. The molecule has 4 nitrogen and oxygen atoms in total. The average molecular weight is 266 g/mol. The second kappa shape index (κ2) is 5.52. The van der Waals surface area contributed by atoms with Crippen LogP contribution in [-0.4, -0.2) is 36.9 Å². The predicted octanol–water partition coefficient (Wildman–Crippen LogP) is 2.00. The summed E-state index contributed by atoms with van der Waals surface area (Å²) in [6, 6.07) is 6.05. The van der Waals surface area contributed by atoms with Crippen molar-refractivity contribution in [1.82, 2.24) is 10.2 Å². The highest BCUT2D eigenvalue weighted by molar-refractivity contribution is 7.80. The smallest absolute Gasteiger partial charge is 0.318 e. The Kier molecular flexibility index (Phi) is 4.01. The van der Waals surface area contributed by atoms with Gasteiger partial charge < -0.3 is 15.0 Å². The molecule has 0 aliphatic carbocycles. The van der Waals surface area contributed by atoms with E-state index in [2.05, 4.69) is 24.0 Å². The normalized spacial score (nSPS) is 18.9. The number of urea groups is 1. The second-order valence-corrected chi connectivity index (χ2v) is 4.85. The van der Waals surface area contributed by atoms with Crippen LogP contribution in [0.25, 0.3) is 0 Å². The van der Waals surface area contributed by atoms with Gasteiger partial charge in [-0.25, -0.2) is 4.79 Å². The van der Waals surface area contributed by atoms with Gasteiger partial charge in [-0.05, 0) is 24.1 Å². The molecule has 1 fully saturated rings. The number of nitrogens with zero attached hydrogens (tertiary/aromatic N) is 1. The fourth-order valence-corrected chi connectivity index (χ4v) is 2.45. The van der Waals surface area contributed by atoms with Crippen molar-refractivity contribution >= 4 is 18.7 Å². The molecule has 18 heavy (non-hydrogen) atoms. The topological polar surface area (TPSA) is 41.6 Å². The summed E-state index contributed by atoms with van der Waals surface area (Å²) in [4.78, 5) is 13.5. The first-order valence-electron chi connectivity index (χ1n) is 5.96. The minimum atomic E-state index is -0.0116. The summed E-state index contributed by atoms with van der Waals surface area (Å²) >= 11 is 4.16. The third kappa shape index (κ3) is 2.56. The molecule has 1 aromatic rings. The second-order valence-electron chi connectivity index (χ2n) is 4.40. The number of aryl methyl sites for hydroxylation is 1. The molecule has 1 aliphatic heterocycles. The lowest BCUT2D eigenvalue weighted by atomic mass is 10.0. The standard InChI is InChI=1S/C13H18N2O2S/c1-9-7-10(3-4-12(9)17-2)11-8-15(5-6-18)13(16)14-11/h3-4,7,11,18H,5-6,8H2,1-2H3,(H,14,16). The van der Waals surface area contributed by atoms with Crippen molar-refractivity contribution < 1.29 is 9.53 Å². The van der Waals surface area contributed by atoms with Gasteiger partial charge in [0.1, 0.15) is 5.75 Å². The van der Waals surface area contributed by atoms with Crippen molar-refractivity contribution in [3.8, 4) is 5.75 Å². The first kappa shape index (κ1) is 13.1. The Labute approximate surface area is 113 Å². The number of amides is 2. The molecule has 0 aromatic heterocycles. The molecule has 2 rings (SSSR count). The number of benzene rings is 1. The minimum Gasteiger partial charge on any atom is -0.496 e. The Balaban J connectivity index is 2.13. The maximum atomic E-state index is 11.7. The molecule has 0 spiro atoms. The molecular weight excluding hydrogens is 248 g/mol. The van der Waals surface area contributed by atoms with E-state index >= 15 is 0 Å². The van der Waals surface area contributed by atoms with Crippen LogP contribution in [0.2, 0.25) is 0 Å². The number of carbonyl (C=O) groups is 1. The summed E-state index contributed by atoms with van der Waals surface area (Å²) < 4.78 is 5.24. The van der Waals surface area contributed by atoms with Crippen LogP contribution in [0.3, 0.4) is 0 Å². The van der Waals surface area contributed by atoms with Gasteiger partial charge in [-0.2, -0.15) is 12.6 Å². The summed E-state index contributed by atoms with van der Waals surface area (Å²) in [6.07, 6.45) is 0. The molecule has 1 unspecified atom stereocenters. The van der Waals surface area contributed by atoms with Gasteiger partial charge in [-0.3, -0.25) is 0 Å². The summed E-state index contributed by atoms with van der Waals surface area (Å²) in [5.74, 6) is 1.55. The van der Waals surface area contributed by atoms with Gasteiger partial charge in [-0.15, -0.1) is 0 Å². The molecule has 2 amide bonds. The number of hydrogen-bond acceptors (Lipinski definition) is 3. The van der Waals surface area contributed by atoms with E-state index in [1.807, 2.05) is 19.1 Å². The lowest BCUT2D eigenvalue weighted by Gasteiger charge is -2.14. The summed E-state index contributed by atoms with van der Waals surface area (Å²) in [5.41, 5.74) is 2.19. The van der Waals surface area contributed by atoms with Gasteiger partial charge in [0.15, 0.2) is 0 Å². The van der Waals surface area contributed by atoms with E-state index in [9.17, 15) is 4.79 Å². The molecular formula is C13H18N2O2S. The van der Waals surface area contributed by atoms with Crippen molar-refractivity contribution in [2.45, 2.75) is 13.0 Å². The first-order valence-corrected chi connectivity index (χ1v) is 6.59. The molecule has 1 aromatic carbocycles. The molecule has 0 radical (unpaired) electrons. The van der Waals surface area contributed by atoms with E-state index in [1.54, 1.807) is 12.0 Å². The summed E-state index contributed by atoms with van der Waals surface area (Å²) in [5, 5.41) is 2.98. The van der Waals surface area contributed by atoms with Crippen molar-refractivity contribution in [3.63, 3.8) is 0 Å². The van der Waals surface area contributed by atoms with E-state index in [0.29, 0.717) is 18.8 Å². The zero-order chi connectivity index (χ0) is 13.1.